The van der Waals surface area contributed by atoms with Crippen molar-refractivity contribution in [1.29, 1.82) is 5.26 Å². The largest absolute Gasteiger partial charge is 0.495 e. The maximum absolute atomic E-state index is 8.88. The minimum absolute atomic E-state index is 0.565. The van der Waals surface area contributed by atoms with E-state index in [4.69, 9.17) is 10.00 Å². The van der Waals surface area contributed by atoms with E-state index < -0.39 is 0 Å². The minimum atomic E-state index is 0.565. The number of benzene rings is 1. The van der Waals surface area contributed by atoms with Crippen molar-refractivity contribution >= 4 is 0 Å². The standard InChI is InChI=1S/C12H14N2O/c1-3-6-14-9-10-4-5-12(15-2)11(7-10)8-13/h3-5,7,14H,1,6,9H2,2H3. The van der Waals surface area contributed by atoms with Gasteiger partial charge in [-0.25, -0.2) is 0 Å². The predicted octanol–water partition coefficient (Wildman–Crippen LogP) is 1.84. The number of nitriles is 1. The minimum Gasteiger partial charge on any atom is -0.495 e. The summed E-state index contributed by atoms with van der Waals surface area (Å²) in [5.41, 5.74) is 1.63. The van der Waals surface area contributed by atoms with Gasteiger partial charge in [0, 0.05) is 13.1 Å². The molecule has 0 aliphatic carbocycles. The van der Waals surface area contributed by atoms with Crippen LogP contribution in [0.1, 0.15) is 11.1 Å². The van der Waals surface area contributed by atoms with E-state index in [-0.39, 0.29) is 0 Å². The lowest BCUT2D eigenvalue weighted by atomic mass is 10.1. The van der Waals surface area contributed by atoms with Crippen LogP contribution in [0.3, 0.4) is 0 Å². The molecule has 0 saturated heterocycles. The third-order valence-electron chi connectivity index (χ3n) is 2.00. The molecule has 0 spiro atoms. The van der Waals surface area contributed by atoms with Crippen molar-refractivity contribution in [3.8, 4) is 11.8 Å². The summed E-state index contributed by atoms with van der Waals surface area (Å²) >= 11 is 0. The van der Waals surface area contributed by atoms with Crippen molar-refractivity contribution in [3.05, 3.63) is 42.0 Å². The van der Waals surface area contributed by atoms with Gasteiger partial charge in [-0.1, -0.05) is 12.1 Å². The van der Waals surface area contributed by atoms with Gasteiger partial charge in [-0.3, -0.25) is 0 Å². The molecule has 1 rings (SSSR count). The summed E-state index contributed by atoms with van der Waals surface area (Å²) in [6, 6.07) is 7.68. The number of hydrogen-bond donors (Lipinski definition) is 1. The van der Waals surface area contributed by atoms with E-state index in [1.807, 2.05) is 18.2 Å². The molecule has 1 aromatic carbocycles. The van der Waals surface area contributed by atoms with Gasteiger partial charge in [0.15, 0.2) is 0 Å². The fourth-order valence-corrected chi connectivity index (χ4v) is 1.27. The fourth-order valence-electron chi connectivity index (χ4n) is 1.27. The Morgan fingerprint density at radius 2 is 2.40 bits per heavy atom. The summed E-state index contributed by atoms with van der Waals surface area (Å²) in [7, 11) is 1.56. The lowest BCUT2D eigenvalue weighted by Crippen LogP contribution is -2.12. The average Bonchev–Trinajstić information content (AvgIpc) is 2.29. The molecule has 0 aliphatic rings. The lowest BCUT2D eigenvalue weighted by Gasteiger charge is -2.06. The fraction of sp³-hybridized carbons (Fsp3) is 0.250. The van der Waals surface area contributed by atoms with E-state index >= 15 is 0 Å². The Morgan fingerprint density at radius 1 is 1.60 bits per heavy atom. The highest BCUT2D eigenvalue weighted by Gasteiger charge is 2.02. The van der Waals surface area contributed by atoms with Crippen LogP contribution in [-0.2, 0) is 6.54 Å². The van der Waals surface area contributed by atoms with Gasteiger partial charge in [-0.05, 0) is 17.7 Å². The Bertz CT molecular complexity index is 380. The summed E-state index contributed by atoms with van der Waals surface area (Å²) in [4.78, 5) is 0. The van der Waals surface area contributed by atoms with E-state index in [2.05, 4.69) is 18.0 Å². The first-order chi connectivity index (χ1) is 7.31. The van der Waals surface area contributed by atoms with Crippen LogP contribution in [0.4, 0.5) is 0 Å². The Morgan fingerprint density at radius 3 is 3.00 bits per heavy atom. The smallest absolute Gasteiger partial charge is 0.136 e. The molecule has 0 saturated carbocycles. The van der Waals surface area contributed by atoms with Crippen LogP contribution in [0.2, 0.25) is 0 Å². The topological polar surface area (TPSA) is 45.0 Å². The summed E-state index contributed by atoms with van der Waals surface area (Å²) < 4.78 is 5.06. The van der Waals surface area contributed by atoms with E-state index in [9.17, 15) is 0 Å². The van der Waals surface area contributed by atoms with Gasteiger partial charge in [-0.15, -0.1) is 6.58 Å². The zero-order chi connectivity index (χ0) is 11.1. The molecule has 0 unspecified atom stereocenters. The highest BCUT2D eigenvalue weighted by atomic mass is 16.5. The molecule has 15 heavy (non-hydrogen) atoms. The van der Waals surface area contributed by atoms with Gasteiger partial charge in [-0.2, -0.15) is 5.26 Å². The molecular weight excluding hydrogens is 188 g/mol. The van der Waals surface area contributed by atoms with E-state index in [0.29, 0.717) is 11.3 Å². The van der Waals surface area contributed by atoms with Crippen LogP contribution < -0.4 is 10.1 Å². The Balaban J connectivity index is 2.75. The SMILES string of the molecule is C=CCNCc1ccc(OC)c(C#N)c1. The second-order valence-corrected chi connectivity index (χ2v) is 3.07. The quantitative estimate of drug-likeness (QED) is 0.585. The van der Waals surface area contributed by atoms with Crippen LogP contribution in [0.25, 0.3) is 0 Å². The first kappa shape index (κ1) is 11.3. The monoisotopic (exact) mass is 202 g/mol. The second kappa shape index (κ2) is 5.84. The molecule has 1 N–H and O–H groups in total. The maximum Gasteiger partial charge on any atom is 0.136 e. The van der Waals surface area contributed by atoms with Gasteiger partial charge < -0.3 is 10.1 Å². The van der Waals surface area contributed by atoms with Crippen molar-refractivity contribution in [1.82, 2.24) is 5.32 Å². The molecule has 0 aliphatic heterocycles. The molecule has 0 heterocycles. The van der Waals surface area contributed by atoms with Crippen LogP contribution >= 0.6 is 0 Å². The molecule has 0 fully saturated rings. The molecule has 78 valence electrons. The first-order valence-electron chi connectivity index (χ1n) is 4.70. The van der Waals surface area contributed by atoms with Crippen LogP contribution in [0, 0.1) is 11.3 Å². The van der Waals surface area contributed by atoms with E-state index in [0.717, 1.165) is 18.7 Å². The van der Waals surface area contributed by atoms with Crippen molar-refractivity contribution in [3.63, 3.8) is 0 Å². The number of nitrogens with one attached hydrogen (secondary N) is 1. The number of hydrogen-bond acceptors (Lipinski definition) is 3. The van der Waals surface area contributed by atoms with Gasteiger partial charge in [0.2, 0.25) is 0 Å². The number of ether oxygens (including phenoxy) is 1. The molecule has 3 nitrogen and oxygen atoms in total. The zero-order valence-corrected chi connectivity index (χ0v) is 8.79. The van der Waals surface area contributed by atoms with E-state index in [1.54, 1.807) is 13.2 Å². The summed E-state index contributed by atoms with van der Waals surface area (Å²) in [5.74, 6) is 0.616. The Hall–Kier alpha value is -1.79. The highest BCUT2D eigenvalue weighted by Crippen LogP contribution is 2.18. The maximum atomic E-state index is 8.88. The van der Waals surface area contributed by atoms with Crippen molar-refractivity contribution in [2.45, 2.75) is 6.54 Å². The van der Waals surface area contributed by atoms with Gasteiger partial charge in [0.25, 0.3) is 0 Å². The van der Waals surface area contributed by atoms with Gasteiger partial charge >= 0.3 is 0 Å². The van der Waals surface area contributed by atoms with Crippen LogP contribution in [0.5, 0.6) is 5.75 Å². The second-order valence-electron chi connectivity index (χ2n) is 3.07. The third kappa shape index (κ3) is 3.12. The molecule has 0 radical (unpaired) electrons. The average molecular weight is 202 g/mol. The zero-order valence-electron chi connectivity index (χ0n) is 8.79. The van der Waals surface area contributed by atoms with Gasteiger partial charge in [0.1, 0.15) is 11.8 Å². The molecule has 0 atom stereocenters. The van der Waals surface area contributed by atoms with Crippen LogP contribution in [0.15, 0.2) is 30.9 Å². The number of nitrogens with zero attached hydrogens (tertiary/aromatic N) is 1. The summed E-state index contributed by atoms with van der Waals surface area (Å²) in [6.45, 7) is 5.10. The molecule has 0 bridgehead atoms. The predicted molar refractivity (Wildman–Crippen MR) is 59.6 cm³/mol. The van der Waals surface area contributed by atoms with Crippen LogP contribution in [-0.4, -0.2) is 13.7 Å². The molecule has 0 amide bonds. The van der Waals surface area contributed by atoms with Crippen molar-refractivity contribution in [2.24, 2.45) is 0 Å². The molecule has 1 aromatic rings. The third-order valence-corrected chi connectivity index (χ3v) is 2.00. The molecule has 0 aromatic heterocycles. The van der Waals surface area contributed by atoms with Gasteiger partial charge in [0.05, 0.1) is 12.7 Å². The summed E-state index contributed by atoms with van der Waals surface area (Å²) in [6.07, 6.45) is 1.80. The first-order valence-corrected chi connectivity index (χ1v) is 4.70. The molecular formula is C12H14N2O. The normalized spacial score (nSPS) is 9.33. The van der Waals surface area contributed by atoms with Crippen molar-refractivity contribution in [2.75, 3.05) is 13.7 Å². The Labute approximate surface area is 90.0 Å². The number of rotatable bonds is 5. The number of methoxy groups -OCH3 is 1. The Kier molecular flexibility index (Phi) is 4.39. The van der Waals surface area contributed by atoms with Crippen molar-refractivity contribution < 1.29 is 4.74 Å². The highest BCUT2D eigenvalue weighted by molar-refractivity contribution is 5.45. The molecule has 3 heteroatoms. The van der Waals surface area contributed by atoms with E-state index in [1.165, 1.54) is 0 Å². The summed E-state index contributed by atoms with van der Waals surface area (Å²) in [5, 5.41) is 12.1. The lowest BCUT2D eigenvalue weighted by molar-refractivity contribution is 0.413.